The summed E-state index contributed by atoms with van der Waals surface area (Å²) in [6, 6.07) is 6.75. The summed E-state index contributed by atoms with van der Waals surface area (Å²) in [5, 5.41) is 0. The fourth-order valence-electron chi connectivity index (χ4n) is 2.88. The van der Waals surface area contributed by atoms with Crippen LogP contribution in [0.2, 0.25) is 0 Å². The molecule has 0 aliphatic carbocycles. The molecule has 0 bridgehead atoms. The lowest BCUT2D eigenvalue weighted by Crippen LogP contribution is -2.39. The van der Waals surface area contributed by atoms with Gasteiger partial charge < -0.3 is 10.5 Å². The van der Waals surface area contributed by atoms with Crippen molar-refractivity contribution in [1.82, 2.24) is 4.90 Å². The Morgan fingerprint density at radius 1 is 1.21 bits per heavy atom. The van der Waals surface area contributed by atoms with E-state index in [1.165, 1.54) is 37.1 Å². The van der Waals surface area contributed by atoms with Gasteiger partial charge in [-0.05, 0) is 57.3 Å². The van der Waals surface area contributed by atoms with E-state index in [2.05, 4.69) is 36.9 Å². The molecule has 0 amide bonds. The second kappa shape index (κ2) is 6.92. The Balaban J connectivity index is 1.85. The number of nitrogens with zero attached hydrogens (tertiary/aromatic N) is 1. The van der Waals surface area contributed by atoms with E-state index in [0.29, 0.717) is 6.04 Å². The van der Waals surface area contributed by atoms with Gasteiger partial charge in [0.15, 0.2) is 0 Å². The van der Waals surface area contributed by atoms with Crippen LogP contribution in [0.4, 0.5) is 0 Å². The highest BCUT2D eigenvalue weighted by Crippen LogP contribution is 2.23. The fraction of sp³-hybridized carbons (Fsp3) is 0.625. The molecule has 0 radical (unpaired) electrons. The standard InChI is InChI=1S/C16H26N2O/c1-13-6-5-7-14(2)16(13)19-11-8-15(12-17)18-9-3-4-10-18/h5-7,15H,3-4,8-12,17H2,1-2H3. The Morgan fingerprint density at radius 3 is 2.42 bits per heavy atom. The molecule has 2 rings (SSSR count). The average molecular weight is 262 g/mol. The van der Waals surface area contributed by atoms with Crippen LogP contribution >= 0.6 is 0 Å². The van der Waals surface area contributed by atoms with E-state index < -0.39 is 0 Å². The average Bonchev–Trinajstić information content (AvgIpc) is 2.91. The van der Waals surface area contributed by atoms with E-state index in [1.54, 1.807) is 0 Å². The normalized spacial score (nSPS) is 17.6. The van der Waals surface area contributed by atoms with Crippen LogP contribution in [0.25, 0.3) is 0 Å². The van der Waals surface area contributed by atoms with Gasteiger partial charge >= 0.3 is 0 Å². The summed E-state index contributed by atoms with van der Waals surface area (Å²) in [7, 11) is 0. The zero-order chi connectivity index (χ0) is 13.7. The van der Waals surface area contributed by atoms with Crippen molar-refractivity contribution in [1.29, 1.82) is 0 Å². The highest BCUT2D eigenvalue weighted by Gasteiger charge is 2.20. The Labute approximate surface area is 116 Å². The third kappa shape index (κ3) is 3.71. The maximum atomic E-state index is 5.98. The number of ether oxygens (including phenoxy) is 1. The second-order valence-electron chi connectivity index (χ2n) is 5.49. The molecule has 1 aromatic rings. The van der Waals surface area contributed by atoms with Gasteiger partial charge in [0.05, 0.1) is 6.61 Å². The van der Waals surface area contributed by atoms with Crippen molar-refractivity contribution in [2.75, 3.05) is 26.2 Å². The zero-order valence-electron chi connectivity index (χ0n) is 12.2. The van der Waals surface area contributed by atoms with Gasteiger partial charge in [0.2, 0.25) is 0 Å². The van der Waals surface area contributed by atoms with E-state index in [-0.39, 0.29) is 0 Å². The van der Waals surface area contributed by atoms with Crippen LogP contribution in [0.15, 0.2) is 18.2 Å². The minimum Gasteiger partial charge on any atom is -0.493 e. The van der Waals surface area contributed by atoms with Crippen molar-refractivity contribution < 1.29 is 4.74 Å². The van der Waals surface area contributed by atoms with Gasteiger partial charge in [0.1, 0.15) is 5.75 Å². The molecule has 1 aliphatic heterocycles. The lowest BCUT2D eigenvalue weighted by atomic mass is 10.1. The molecule has 1 unspecified atom stereocenters. The lowest BCUT2D eigenvalue weighted by Gasteiger charge is -2.26. The van der Waals surface area contributed by atoms with Crippen molar-refractivity contribution >= 4 is 0 Å². The second-order valence-corrected chi connectivity index (χ2v) is 5.49. The number of rotatable bonds is 6. The molecule has 1 heterocycles. The molecule has 1 aliphatic rings. The molecule has 0 aromatic heterocycles. The molecule has 1 saturated heterocycles. The summed E-state index contributed by atoms with van der Waals surface area (Å²) in [5.41, 5.74) is 8.32. The molecule has 3 heteroatoms. The van der Waals surface area contributed by atoms with Crippen molar-refractivity contribution in [2.24, 2.45) is 5.73 Å². The van der Waals surface area contributed by atoms with E-state index in [4.69, 9.17) is 10.5 Å². The van der Waals surface area contributed by atoms with E-state index in [0.717, 1.165) is 25.3 Å². The molecule has 1 atom stereocenters. The Hall–Kier alpha value is -1.06. The van der Waals surface area contributed by atoms with Gasteiger partial charge in [-0.15, -0.1) is 0 Å². The summed E-state index contributed by atoms with van der Waals surface area (Å²) < 4.78 is 5.98. The van der Waals surface area contributed by atoms with Gasteiger partial charge in [0.25, 0.3) is 0 Å². The van der Waals surface area contributed by atoms with Crippen LogP contribution in [0.5, 0.6) is 5.75 Å². The van der Waals surface area contributed by atoms with Crippen LogP contribution in [0, 0.1) is 13.8 Å². The van der Waals surface area contributed by atoms with Gasteiger partial charge in [-0.25, -0.2) is 0 Å². The van der Waals surface area contributed by atoms with Crippen molar-refractivity contribution in [3.05, 3.63) is 29.3 Å². The molecular formula is C16H26N2O. The first-order chi connectivity index (χ1) is 9.22. The number of nitrogens with two attached hydrogens (primary N) is 1. The van der Waals surface area contributed by atoms with Crippen LogP contribution in [0.1, 0.15) is 30.4 Å². The minimum atomic E-state index is 0.479. The van der Waals surface area contributed by atoms with Crippen molar-refractivity contribution in [3.63, 3.8) is 0 Å². The van der Waals surface area contributed by atoms with Gasteiger partial charge in [0, 0.05) is 12.6 Å². The predicted molar refractivity (Wildman–Crippen MR) is 79.7 cm³/mol. The van der Waals surface area contributed by atoms with E-state index in [9.17, 15) is 0 Å². The van der Waals surface area contributed by atoms with Crippen LogP contribution in [-0.2, 0) is 0 Å². The minimum absolute atomic E-state index is 0.479. The molecule has 1 aromatic carbocycles. The number of benzene rings is 1. The molecule has 1 fully saturated rings. The highest BCUT2D eigenvalue weighted by atomic mass is 16.5. The first-order valence-electron chi connectivity index (χ1n) is 7.35. The molecular weight excluding hydrogens is 236 g/mol. The largest absolute Gasteiger partial charge is 0.493 e. The topological polar surface area (TPSA) is 38.5 Å². The quantitative estimate of drug-likeness (QED) is 0.856. The Kier molecular flexibility index (Phi) is 5.23. The van der Waals surface area contributed by atoms with Crippen LogP contribution in [-0.4, -0.2) is 37.2 Å². The first-order valence-corrected chi connectivity index (χ1v) is 7.35. The monoisotopic (exact) mass is 262 g/mol. The summed E-state index contributed by atoms with van der Waals surface area (Å²) in [6.45, 7) is 8.09. The predicted octanol–water partition coefficient (Wildman–Crippen LogP) is 2.50. The molecule has 3 nitrogen and oxygen atoms in total. The molecule has 106 valence electrons. The smallest absolute Gasteiger partial charge is 0.125 e. The summed E-state index contributed by atoms with van der Waals surface area (Å²) in [6.07, 6.45) is 3.65. The summed E-state index contributed by atoms with van der Waals surface area (Å²) in [4.78, 5) is 2.51. The maximum Gasteiger partial charge on any atom is 0.125 e. The SMILES string of the molecule is Cc1cccc(C)c1OCCC(CN)N1CCCC1. The third-order valence-corrected chi connectivity index (χ3v) is 4.04. The molecule has 19 heavy (non-hydrogen) atoms. The first kappa shape index (κ1) is 14.4. The molecule has 0 spiro atoms. The summed E-state index contributed by atoms with van der Waals surface area (Å²) in [5.74, 6) is 1.04. The van der Waals surface area contributed by atoms with Gasteiger partial charge in [-0.1, -0.05) is 18.2 Å². The van der Waals surface area contributed by atoms with E-state index >= 15 is 0 Å². The maximum absolute atomic E-state index is 5.98. The van der Waals surface area contributed by atoms with Gasteiger partial charge in [-0.3, -0.25) is 4.90 Å². The van der Waals surface area contributed by atoms with Crippen LogP contribution in [0.3, 0.4) is 0 Å². The highest BCUT2D eigenvalue weighted by molar-refractivity contribution is 5.39. The van der Waals surface area contributed by atoms with Crippen molar-refractivity contribution in [2.45, 2.75) is 39.2 Å². The lowest BCUT2D eigenvalue weighted by molar-refractivity contribution is 0.197. The Morgan fingerprint density at radius 2 is 1.84 bits per heavy atom. The number of hydrogen-bond donors (Lipinski definition) is 1. The fourth-order valence-corrected chi connectivity index (χ4v) is 2.88. The number of para-hydroxylation sites is 1. The number of likely N-dealkylation sites (tertiary alicyclic amines) is 1. The van der Waals surface area contributed by atoms with Crippen molar-refractivity contribution in [3.8, 4) is 5.75 Å². The summed E-state index contributed by atoms with van der Waals surface area (Å²) >= 11 is 0. The van der Waals surface area contributed by atoms with Crippen LogP contribution < -0.4 is 10.5 Å². The Bertz CT molecular complexity index is 379. The number of hydrogen-bond acceptors (Lipinski definition) is 3. The van der Waals surface area contributed by atoms with E-state index in [1.807, 2.05) is 0 Å². The third-order valence-electron chi connectivity index (χ3n) is 4.04. The zero-order valence-corrected chi connectivity index (χ0v) is 12.2. The molecule has 2 N–H and O–H groups in total. The van der Waals surface area contributed by atoms with Gasteiger partial charge in [-0.2, -0.15) is 0 Å². The molecule has 0 saturated carbocycles. The number of aryl methyl sites for hydroxylation is 2.